The molecule has 0 spiro atoms. The van der Waals surface area contributed by atoms with E-state index in [4.69, 9.17) is 0 Å². The highest BCUT2D eigenvalue weighted by atomic mass is 16.2. The largest absolute Gasteiger partial charge is 0.326 e. The lowest BCUT2D eigenvalue weighted by molar-refractivity contribution is -0.122. The first kappa shape index (κ1) is 31.2. The molecule has 4 rings (SSSR count). The Labute approximate surface area is 250 Å². The Morgan fingerprint density at radius 2 is 0.837 bits per heavy atom. The molecule has 0 aromatic heterocycles. The van der Waals surface area contributed by atoms with Gasteiger partial charge in [0.25, 0.3) is 11.8 Å². The zero-order valence-electron chi connectivity index (χ0n) is 24.0. The Bertz CT molecular complexity index is 1220. The van der Waals surface area contributed by atoms with Crippen molar-refractivity contribution < 1.29 is 28.8 Å². The zero-order valence-corrected chi connectivity index (χ0v) is 24.0. The van der Waals surface area contributed by atoms with Crippen molar-refractivity contribution in [3.05, 3.63) is 59.7 Å². The zero-order chi connectivity index (χ0) is 30.6. The molecule has 12 nitrogen and oxygen atoms in total. The number of rotatable bonds is 14. The van der Waals surface area contributed by atoms with Gasteiger partial charge in [-0.3, -0.25) is 50.5 Å². The van der Waals surface area contributed by atoms with Crippen LogP contribution >= 0.6 is 0 Å². The summed E-state index contributed by atoms with van der Waals surface area (Å²) in [5.41, 5.74) is 11.6. The smallest absolute Gasteiger partial charge is 0.269 e. The van der Waals surface area contributed by atoms with Crippen LogP contribution in [-0.4, -0.2) is 35.4 Å². The molecule has 0 aliphatic heterocycles. The third kappa shape index (κ3) is 10.9. The van der Waals surface area contributed by atoms with E-state index < -0.39 is 11.8 Å². The lowest BCUT2D eigenvalue weighted by Crippen LogP contribution is -2.41. The molecular weight excluding hydrogens is 552 g/mol. The van der Waals surface area contributed by atoms with Gasteiger partial charge < -0.3 is 10.6 Å². The molecule has 0 heterocycles. The first-order valence-electron chi connectivity index (χ1n) is 14.8. The summed E-state index contributed by atoms with van der Waals surface area (Å²) in [6.45, 7) is 0. The number of amides is 6. The van der Waals surface area contributed by atoms with E-state index in [9.17, 15) is 28.8 Å². The molecule has 2 saturated carbocycles. The summed E-state index contributed by atoms with van der Waals surface area (Å²) in [4.78, 5) is 72.2. The molecule has 0 atom stereocenters. The van der Waals surface area contributed by atoms with Crippen molar-refractivity contribution in [3.63, 3.8) is 0 Å². The van der Waals surface area contributed by atoms with Gasteiger partial charge in [0.1, 0.15) is 0 Å². The summed E-state index contributed by atoms with van der Waals surface area (Å²) >= 11 is 0. The lowest BCUT2D eigenvalue weighted by atomic mass is 10.1. The Hall–Kier alpha value is -4.74. The summed E-state index contributed by atoms with van der Waals surface area (Å²) < 4.78 is 0. The van der Waals surface area contributed by atoms with Gasteiger partial charge in [0.15, 0.2) is 0 Å². The molecular formula is C31H38N6O6. The van der Waals surface area contributed by atoms with Crippen LogP contribution in [0, 0.1) is 11.8 Å². The fourth-order valence-corrected chi connectivity index (χ4v) is 4.21. The summed E-state index contributed by atoms with van der Waals surface area (Å²) in [5.74, 6) is -1.32. The normalized spacial score (nSPS) is 13.8. The van der Waals surface area contributed by atoms with E-state index in [1.807, 2.05) is 0 Å². The third-order valence-corrected chi connectivity index (χ3v) is 7.16. The average Bonchev–Trinajstić information content (AvgIpc) is 3.92. The monoisotopic (exact) mass is 590 g/mol. The molecule has 0 radical (unpaired) electrons. The van der Waals surface area contributed by atoms with Gasteiger partial charge in [-0.15, -0.1) is 0 Å². The number of hydrazine groups is 2. The van der Waals surface area contributed by atoms with Crippen molar-refractivity contribution in [2.45, 2.75) is 70.6 Å². The van der Waals surface area contributed by atoms with E-state index in [2.05, 4.69) is 32.3 Å². The molecule has 0 bridgehead atoms. The Kier molecular flexibility index (Phi) is 11.2. The van der Waals surface area contributed by atoms with Crippen molar-refractivity contribution >= 4 is 46.8 Å². The van der Waals surface area contributed by atoms with Crippen LogP contribution in [0.4, 0.5) is 11.4 Å². The van der Waals surface area contributed by atoms with Gasteiger partial charge >= 0.3 is 0 Å². The van der Waals surface area contributed by atoms with Crippen LogP contribution in [0.25, 0.3) is 0 Å². The molecule has 43 heavy (non-hydrogen) atoms. The van der Waals surface area contributed by atoms with Gasteiger partial charge in [0, 0.05) is 47.2 Å². The molecule has 2 aromatic carbocycles. The van der Waals surface area contributed by atoms with Crippen LogP contribution in [0.5, 0.6) is 0 Å². The van der Waals surface area contributed by atoms with Crippen LogP contribution in [0.1, 0.15) is 91.3 Å². The Balaban J connectivity index is 0.987. The van der Waals surface area contributed by atoms with Gasteiger partial charge in [-0.05, 0) is 87.1 Å². The second-order valence-corrected chi connectivity index (χ2v) is 11.0. The van der Waals surface area contributed by atoms with Crippen LogP contribution in [-0.2, 0) is 19.2 Å². The standard InChI is InChI=1S/C31H38N6O6/c38-26(34-36-30(42)22-12-16-24(17-13-22)32-28(40)20-8-9-20)6-4-2-1-3-5-7-27(39)35-37-31(43)23-14-18-25(19-15-23)33-29(41)21-10-11-21/h12-21H,1-11H2,(H,32,40)(H,33,41)(H,34,38)(H,35,39)(H,36,42)(H,37,43). The van der Waals surface area contributed by atoms with Crippen LogP contribution in [0.15, 0.2) is 48.5 Å². The molecule has 6 amide bonds. The number of nitrogens with one attached hydrogen (secondary N) is 6. The minimum absolute atomic E-state index is 0.00716. The fraction of sp³-hybridized carbons (Fsp3) is 0.419. The molecule has 2 aromatic rings. The molecule has 0 unspecified atom stereocenters. The Morgan fingerprint density at radius 3 is 1.19 bits per heavy atom. The molecule has 6 N–H and O–H groups in total. The van der Waals surface area contributed by atoms with E-state index in [-0.39, 0.29) is 48.3 Å². The molecule has 2 aliphatic rings. The van der Waals surface area contributed by atoms with E-state index >= 15 is 0 Å². The SMILES string of the molecule is O=C(CCCCCCCC(=O)NNC(=O)c1ccc(NC(=O)C2CC2)cc1)NNC(=O)c1ccc(NC(=O)C2CC2)cc1. The molecule has 2 fully saturated rings. The minimum atomic E-state index is -0.449. The van der Waals surface area contributed by atoms with Gasteiger partial charge in [-0.2, -0.15) is 0 Å². The highest BCUT2D eigenvalue weighted by Crippen LogP contribution is 2.30. The van der Waals surface area contributed by atoms with Crippen molar-refractivity contribution in [1.82, 2.24) is 21.7 Å². The average molecular weight is 591 g/mol. The van der Waals surface area contributed by atoms with Crippen molar-refractivity contribution in [1.29, 1.82) is 0 Å². The minimum Gasteiger partial charge on any atom is -0.326 e. The fourth-order valence-electron chi connectivity index (χ4n) is 4.21. The van der Waals surface area contributed by atoms with Crippen molar-refractivity contribution in [2.75, 3.05) is 10.6 Å². The maximum Gasteiger partial charge on any atom is 0.269 e. The number of benzene rings is 2. The van der Waals surface area contributed by atoms with E-state index in [0.29, 0.717) is 35.3 Å². The van der Waals surface area contributed by atoms with Crippen molar-refractivity contribution in [2.24, 2.45) is 11.8 Å². The third-order valence-electron chi connectivity index (χ3n) is 7.16. The maximum atomic E-state index is 12.2. The molecule has 228 valence electrons. The van der Waals surface area contributed by atoms with Crippen LogP contribution in [0.3, 0.4) is 0 Å². The topological polar surface area (TPSA) is 175 Å². The number of hydrogen-bond acceptors (Lipinski definition) is 6. The van der Waals surface area contributed by atoms with Gasteiger partial charge in [-0.25, -0.2) is 0 Å². The maximum absolute atomic E-state index is 12.2. The first-order chi connectivity index (χ1) is 20.8. The summed E-state index contributed by atoms with van der Waals surface area (Å²) in [5, 5.41) is 5.61. The number of carbonyl (C=O) groups excluding carboxylic acids is 6. The lowest BCUT2D eigenvalue weighted by Gasteiger charge is -2.09. The number of hydrogen-bond donors (Lipinski definition) is 6. The van der Waals surface area contributed by atoms with Gasteiger partial charge in [0.05, 0.1) is 0 Å². The highest BCUT2D eigenvalue weighted by Gasteiger charge is 2.30. The number of carbonyl (C=O) groups is 6. The van der Waals surface area contributed by atoms with E-state index in [0.717, 1.165) is 44.9 Å². The molecule has 12 heteroatoms. The molecule has 0 saturated heterocycles. The predicted octanol–water partition coefficient (Wildman–Crippen LogP) is 3.34. The van der Waals surface area contributed by atoms with Crippen molar-refractivity contribution in [3.8, 4) is 0 Å². The van der Waals surface area contributed by atoms with E-state index in [1.54, 1.807) is 48.5 Å². The first-order valence-corrected chi connectivity index (χ1v) is 14.8. The van der Waals surface area contributed by atoms with Crippen LogP contribution < -0.4 is 32.3 Å². The second kappa shape index (κ2) is 15.5. The van der Waals surface area contributed by atoms with Crippen LogP contribution in [0.2, 0.25) is 0 Å². The predicted molar refractivity (Wildman–Crippen MR) is 159 cm³/mol. The van der Waals surface area contributed by atoms with Gasteiger partial charge in [-0.1, -0.05) is 19.3 Å². The van der Waals surface area contributed by atoms with Gasteiger partial charge in [0.2, 0.25) is 23.6 Å². The highest BCUT2D eigenvalue weighted by molar-refractivity contribution is 5.98. The number of unbranched alkanes of at least 4 members (excludes halogenated alkanes) is 4. The summed E-state index contributed by atoms with van der Waals surface area (Å²) in [6, 6.07) is 12.9. The van der Waals surface area contributed by atoms with E-state index in [1.165, 1.54) is 0 Å². The quantitative estimate of drug-likeness (QED) is 0.145. The second-order valence-electron chi connectivity index (χ2n) is 11.0. The molecule has 2 aliphatic carbocycles. The summed E-state index contributed by atoms with van der Waals surface area (Å²) in [6.07, 6.45) is 7.88. The summed E-state index contributed by atoms with van der Waals surface area (Å²) in [7, 11) is 0. The number of anilines is 2. The Morgan fingerprint density at radius 1 is 0.488 bits per heavy atom.